The molecule has 10 aromatic heterocycles. The van der Waals surface area contributed by atoms with Gasteiger partial charge in [-0.2, -0.15) is 0 Å². The summed E-state index contributed by atoms with van der Waals surface area (Å²) < 4.78 is 19.2. The normalized spacial score (nSPS) is 13.2. The molecule has 11 heterocycles. The molecule has 118 heavy (non-hydrogen) atoms. The van der Waals surface area contributed by atoms with Crippen molar-refractivity contribution >= 4 is 173 Å². The van der Waals surface area contributed by atoms with Gasteiger partial charge in [0.2, 0.25) is 0 Å². The topological polar surface area (TPSA) is 147 Å². The summed E-state index contributed by atoms with van der Waals surface area (Å²) in [6.45, 7) is 8.33. The van der Waals surface area contributed by atoms with Crippen molar-refractivity contribution in [2.24, 2.45) is 0 Å². The fourth-order valence-corrected chi connectivity index (χ4v) is 20.2. The van der Waals surface area contributed by atoms with Crippen molar-refractivity contribution in [2.45, 2.75) is 38.9 Å². The molecule has 1 aliphatic heterocycles. The highest BCUT2D eigenvalue weighted by Crippen LogP contribution is 2.46. The number of hydrogen-bond acceptors (Lipinski definition) is 16. The van der Waals surface area contributed by atoms with Crippen molar-refractivity contribution in [2.75, 3.05) is 0 Å². The van der Waals surface area contributed by atoms with E-state index in [-0.39, 0.29) is 0 Å². The van der Waals surface area contributed by atoms with Crippen molar-refractivity contribution in [3.8, 4) is 101 Å². The molecule has 562 valence electrons. The first-order valence-corrected chi connectivity index (χ1v) is 42.5. The molecule has 0 unspecified atom stereocenters. The van der Waals surface area contributed by atoms with E-state index >= 15 is 0 Å². The van der Waals surface area contributed by atoms with Gasteiger partial charge in [-0.3, -0.25) is 0 Å². The van der Waals surface area contributed by atoms with Gasteiger partial charge in [0.1, 0.15) is 27.5 Å². The number of hydrogen-bond donors (Lipinski definition) is 0. The summed E-state index contributed by atoms with van der Waals surface area (Å²) in [6, 6.07) is 110. The molecule has 12 aromatic carbocycles. The summed E-state index contributed by atoms with van der Waals surface area (Å²) in [4.78, 5) is 50.3. The zero-order valence-corrected chi connectivity index (χ0v) is 68.1. The Bertz CT molecular complexity index is 7680. The van der Waals surface area contributed by atoms with Gasteiger partial charge in [-0.15, -0.1) is 45.3 Å². The van der Waals surface area contributed by atoms with Crippen LogP contribution in [-0.4, -0.2) is 68.2 Å². The third kappa shape index (κ3) is 13.5. The first kappa shape index (κ1) is 72.6. The minimum atomic E-state index is -0.415. The summed E-state index contributed by atoms with van der Waals surface area (Å²) in [6.07, 6.45) is 3.16. The highest BCUT2D eigenvalue weighted by molar-refractivity contribution is 7.27. The van der Waals surface area contributed by atoms with E-state index < -0.39 is 18.3 Å². The third-order valence-electron chi connectivity index (χ3n) is 22.3. The molecule has 23 rings (SSSR count). The van der Waals surface area contributed by atoms with E-state index in [2.05, 4.69) is 310 Å². The molecule has 12 nitrogen and oxygen atoms in total. The number of para-hydroxylation sites is 2. The van der Waals surface area contributed by atoms with Crippen LogP contribution in [0.4, 0.5) is 0 Å². The number of thiophene rings is 4. The van der Waals surface area contributed by atoms with Crippen LogP contribution in [0, 0.1) is 0 Å². The molecule has 18 heteroatoms. The van der Waals surface area contributed by atoms with E-state index in [1.54, 1.807) is 40.3 Å². The van der Waals surface area contributed by atoms with Crippen molar-refractivity contribution in [3.63, 3.8) is 0 Å². The summed E-state index contributed by atoms with van der Waals surface area (Å²) in [5, 5.41) is 7.11. The van der Waals surface area contributed by atoms with E-state index in [0.29, 0.717) is 16.8 Å². The predicted octanol–water partition coefficient (Wildman–Crippen LogP) is 26.7. The average Bonchev–Trinajstić information content (AvgIpc) is 1.59. The van der Waals surface area contributed by atoms with Crippen LogP contribution in [0.1, 0.15) is 27.7 Å². The van der Waals surface area contributed by atoms with Crippen LogP contribution in [0.15, 0.2) is 328 Å². The van der Waals surface area contributed by atoms with Crippen molar-refractivity contribution in [3.05, 3.63) is 333 Å². The minimum absolute atomic E-state index is 0.394. The van der Waals surface area contributed by atoms with Gasteiger partial charge in [0.15, 0.2) is 11.6 Å². The van der Waals surface area contributed by atoms with Gasteiger partial charge in [-0.25, -0.2) is 49.8 Å². The second kappa shape index (κ2) is 29.9. The molecule has 1 saturated heterocycles. The second-order valence-corrected chi connectivity index (χ2v) is 34.7. The van der Waals surface area contributed by atoms with Crippen LogP contribution in [0.3, 0.4) is 0 Å². The Morgan fingerprint density at radius 1 is 0.280 bits per heavy atom. The maximum absolute atomic E-state index is 6.35. The Morgan fingerprint density at radius 2 is 0.661 bits per heavy atom. The Balaban J connectivity index is 0.000000122. The van der Waals surface area contributed by atoms with Crippen LogP contribution < -0.4 is 5.46 Å². The van der Waals surface area contributed by atoms with Gasteiger partial charge >= 0.3 is 7.12 Å². The predicted molar refractivity (Wildman–Crippen MR) is 493 cm³/mol. The first-order chi connectivity index (χ1) is 57.8. The van der Waals surface area contributed by atoms with E-state index in [1.807, 2.05) is 48.5 Å². The smallest absolute Gasteiger partial charge is 0.399 e. The number of fused-ring (bicyclic) bond motifs is 14. The van der Waals surface area contributed by atoms with Crippen LogP contribution in [0.25, 0.3) is 204 Å². The molecule has 0 aliphatic carbocycles. The van der Waals surface area contributed by atoms with Crippen molar-refractivity contribution in [1.29, 1.82) is 0 Å². The lowest BCUT2D eigenvalue weighted by molar-refractivity contribution is 0.00578. The van der Waals surface area contributed by atoms with Gasteiger partial charge in [0.25, 0.3) is 0 Å². The lowest BCUT2D eigenvalue weighted by atomic mass is 9.78. The standard InChI is InChI=1S/C47H27N5S2.C40H33BN2O2S.C13H6ClN3S/c1-2-10-28(11-3-1)29-20-22-30(23-21-29)41-45-43(36-17-5-7-19-39(36)53-45)52-46(51-41)35-16-9-14-32(25-35)31-13-8-15-34(24-31)40-44-42(49-27-48-40)37-26-33-12-4-6-18-38(33)50-47(37)54-44;1-39(2)40(3,4)45-41(44-39)32-17-11-15-30(25-32)29-14-10-16-31(24-29)38-42-35(37-36(43-38)33-18-8-9-19-34(33)46-37)28-22-20-27(21-23-28)26-12-6-5-7-13-26;14-12-11-10(15-6-16-12)8-5-7-3-1-2-4-9(7)17-13(8)18-11/h1-27H;5-25H,1-4H3;1-6H. The van der Waals surface area contributed by atoms with Crippen molar-refractivity contribution in [1.82, 2.24) is 49.8 Å². The molecule has 0 bridgehead atoms. The fraction of sp³-hybridized carbons (Fsp3) is 0.0600. The van der Waals surface area contributed by atoms with Gasteiger partial charge in [-0.1, -0.05) is 272 Å². The molecular formula is C100H66BClN10O2S4. The summed E-state index contributed by atoms with van der Waals surface area (Å²) in [5.41, 5.74) is 23.0. The summed E-state index contributed by atoms with van der Waals surface area (Å²) in [5.74, 6) is 1.41. The zero-order valence-electron chi connectivity index (χ0n) is 64.1. The van der Waals surface area contributed by atoms with Gasteiger partial charge in [0.05, 0.1) is 80.2 Å². The Kier molecular flexibility index (Phi) is 18.4. The molecule has 22 aromatic rings. The lowest BCUT2D eigenvalue weighted by Gasteiger charge is -2.32. The molecule has 0 spiro atoms. The monoisotopic (exact) mass is 1610 g/mol. The quantitative estimate of drug-likeness (QED) is 0.0948. The highest BCUT2D eigenvalue weighted by atomic mass is 35.5. The van der Waals surface area contributed by atoms with Crippen LogP contribution in [0.2, 0.25) is 5.15 Å². The summed E-state index contributed by atoms with van der Waals surface area (Å²) in [7, 11) is -0.415. The third-order valence-corrected chi connectivity index (χ3v) is 27.2. The average molecular weight is 1610 g/mol. The van der Waals surface area contributed by atoms with Crippen molar-refractivity contribution < 1.29 is 9.31 Å². The van der Waals surface area contributed by atoms with E-state index in [1.165, 1.54) is 49.3 Å². The molecule has 0 N–H and O–H groups in total. The zero-order chi connectivity index (χ0) is 79.2. The van der Waals surface area contributed by atoms with E-state index in [4.69, 9.17) is 55.8 Å². The Hall–Kier alpha value is -13.1. The number of halogens is 1. The number of nitrogens with zero attached hydrogens (tertiary/aromatic N) is 10. The largest absolute Gasteiger partial charge is 0.494 e. The molecule has 1 fully saturated rings. The minimum Gasteiger partial charge on any atom is -0.399 e. The van der Waals surface area contributed by atoms with Crippen LogP contribution in [0.5, 0.6) is 0 Å². The Labute approximate surface area is 699 Å². The molecule has 0 radical (unpaired) electrons. The number of rotatable bonds is 10. The second-order valence-electron chi connectivity index (χ2n) is 30.2. The number of benzene rings is 12. The summed E-state index contributed by atoms with van der Waals surface area (Å²) >= 11 is 12.8. The highest BCUT2D eigenvalue weighted by Gasteiger charge is 2.51. The van der Waals surface area contributed by atoms with Crippen LogP contribution >= 0.6 is 56.9 Å². The van der Waals surface area contributed by atoms with Gasteiger partial charge in [-0.05, 0) is 132 Å². The Morgan fingerprint density at radius 3 is 1.18 bits per heavy atom. The lowest BCUT2D eigenvalue weighted by Crippen LogP contribution is -2.41. The maximum Gasteiger partial charge on any atom is 0.494 e. The van der Waals surface area contributed by atoms with Gasteiger partial charge < -0.3 is 9.31 Å². The molecule has 1 aliphatic rings. The van der Waals surface area contributed by atoms with Gasteiger partial charge in [0, 0.05) is 69.5 Å². The fourth-order valence-electron chi connectivity index (χ4n) is 15.5. The number of aromatic nitrogens is 10. The number of pyridine rings is 2. The van der Waals surface area contributed by atoms with Crippen LogP contribution in [-0.2, 0) is 9.31 Å². The maximum atomic E-state index is 6.35. The molecule has 0 atom stereocenters. The molecule has 0 amide bonds. The van der Waals surface area contributed by atoms with E-state index in [9.17, 15) is 0 Å². The van der Waals surface area contributed by atoms with E-state index in [0.717, 1.165) is 166 Å². The molecule has 0 saturated carbocycles. The molecular weight excluding hydrogens is 1550 g/mol. The first-order valence-electron chi connectivity index (χ1n) is 38.8. The SMILES string of the molecule is CC1(C)OB(c2cccc(-c3cccc(-c4nc(-c5ccc(-c6ccccc6)cc5)c5sc6ccccc6c5n4)c3)c2)OC1(C)C.Clc1ncnc2c1sc1nc3ccccc3cc12.c1ccc(-c2ccc(-c3nc(-c4cccc(-c5cccc(-c6ncnc7c6sc6nc8ccccc8cc67)c5)c4)nc4c3sc3ccccc34)cc2)cc1.